The Labute approximate surface area is 199 Å². The standard InChI is InChI=1S/C31H24FOP/c32-25-22-20-24(21-23-25)31-29-18-10-11-19-30(29)34(33-31,26-12-4-1-5-13-26,27-14-6-2-7-15-27)28-16-8-3-9-17-28/h1-23,31H. The zero-order chi connectivity index (χ0) is 23.0. The third-order valence-electron chi connectivity index (χ3n) is 6.91. The molecule has 0 aliphatic carbocycles. The van der Waals surface area contributed by atoms with Gasteiger partial charge in [0.25, 0.3) is 0 Å². The maximum atomic E-state index is 13.9. The van der Waals surface area contributed by atoms with E-state index in [9.17, 15) is 4.39 Å². The Morgan fingerprint density at radius 3 is 1.44 bits per heavy atom. The van der Waals surface area contributed by atoms with Crippen molar-refractivity contribution < 1.29 is 8.91 Å². The zero-order valence-electron chi connectivity index (χ0n) is 18.6. The van der Waals surface area contributed by atoms with Crippen LogP contribution in [0.5, 0.6) is 0 Å². The maximum absolute atomic E-state index is 13.9. The van der Waals surface area contributed by atoms with Crippen LogP contribution in [0.1, 0.15) is 17.2 Å². The van der Waals surface area contributed by atoms with Crippen LogP contribution in [-0.2, 0) is 4.52 Å². The molecule has 0 radical (unpaired) electrons. The van der Waals surface area contributed by atoms with Crippen LogP contribution in [-0.4, -0.2) is 0 Å². The third kappa shape index (κ3) is 2.80. The van der Waals surface area contributed by atoms with Crippen molar-refractivity contribution in [2.75, 3.05) is 0 Å². The van der Waals surface area contributed by atoms with Gasteiger partial charge in [-0.25, -0.2) is 0 Å². The molecular weight excluding hydrogens is 438 g/mol. The van der Waals surface area contributed by atoms with Gasteiger partial charge >= 0.3 is 200 Å². The first-order chi connectivity index (χ1) is 16.7. The molecule has 1 nitrogen and oxygen atoms in total. The molecule has 0 fully saturated rings. The fraction of sp³-hybridized carbons (Fsp3) is 0.0323. The number of rotatable bonds is 4. The van der Waals surface area contributed by atoms with Gasteiger partial charge in [-0.05, 0) is 0 Å². The van der Waals surface area contributed by atoms with Crippen LogP contribution in [0.3, 0.4) is 0 Å². The first kappa shape index (κ1) is 21.0. The predicted octanol–water partition coefficient (Wildman–Crippen LogP) is 6.02. The van der Waals surface area contributed by atoms with Gasteiger partial charge in [0.05, 0.1) is 0 Å². The number of fused-ring (bicyclic) bond motifs is 1. The molecule has 1 heterocycles. The number of hydrogen-bond acceptors (Lipinski definition) is 1. The normalized spacial score (nSPS) is 19.0. The molecule has 1 atom stereocenters. The van der Waals surface area contributed by atoms with Gasteiger partial charge in [0.2, 0.25) is 0 Å². The van der Waals surface area contributed by atoms with E-state index in [1.807, 2.05) is 30.3 Å². The fourth-order valence-electron chi connectivity index (χ4n) is 5.48. The van der Waals surface area contributed by atoms with Crippen molar-refractivity contribution in [2.24, 2.45) is 0 Å². The van der Waals surface area contributed by atoms with Gasteiger partial charge in [-0.1, -0.05) is 0 Å². The molecule has 166 valence electrons. The molecule has 1 aliphatic rings. The Morgan fingerprint density at radius 2 is 0.941 bits per heavy atom. The van der Waals surface area contributed by atoms with Gasteiger partial charge < -0.3 is 0 Å². The van der Waals surface area contributed by atoms with Gasteiger partial charge in [0, 0.05) is 0 Å². The number of hydrogen-bond donors (Lipinski definition) is 0. The summed E-state index contributed by atoms with van der Waals surface area (Å²) in [5, 5.41) is 4.67. The average molecular weight is 463 g/mol. The molecule has 1 aliphatic heterocycles. The van der Waals surface area contributed by atoms with Crippen LogP contribution in [0.15, 0.2) is 140 Å². The topological polar surface area (TPSA) is 9.23 Å². The summed E-state index contributed by atoms with van der Waals surface area (Å²) in [4.78, 5) is 0. The Kier molecular flexibility index (Phi) is 4.95. The van der Waals surface area contributed by atoms with Gasteiger partial charge in [-0.3, -0.25) is 0 Å². The van der Waals surface area contributed by atoms with Crippen molar-refractivity contribution in [3.8, 4) is 0 Å². The second-order valence-electron chi connectivity index (χ2n) is 8.64. The van der Waals surface area contributed by atoms with E-state index in [0.29, 0.717) is 0 Å². The quantitative estimate of drug-likeness (QED) is 0.297. The van der Waals surface area contributed by atoms with Crippen molar-refractivity contribution in [3.63, 3.8) is 0 Å². The van der Waals surface area contributed by atoms with Crippen molar-refractivity contribution >= 4 is 28.0 Å². The van der Waals surface area contributed by atoms with Crippen LogP contribution < -0.4 is 21.2 Å². The molecule has 6 rings (SSSR count). The molecular formula is C31H24FOP. The molecule has 0 saturated heterocycles. The second-order valence-corrected chi connectivity index (χ2v) is 13.0. The van der Waals surface area contributed by atoms with Gasteiger partial charge in [-0.2, -0.15) is 0 Å². The van der Waals surface area contributed by atoms with Crippen molar-refractivity contribution in [3.05, 3.63) is 156 Å². The van der Waals surface area contributed by atoms with E-state index in [-0.39, 0.29) is 11.9 Å². The fourth-order valence-corrected chi connectivity index (χ4v) is 11.6. The summed E-state index contributed by atoms with van der Waals surface area (Å²) >= 11 is 0. The average Bonchev–Trinajstić information content (AvgIpc) is 3.25. The third-order valence-corrected chi connectivity index (χ3v) is 12.7. The summed E-state index contributed by atoms with van der Waals surface area (Å²) in [5.41, 5.74) is 2.08. The minimum atomic E-state index is -3.61. The first-order valence-corrected chi connectivity index (χ1v) is 13.6. The van der Waals surface area contributed by atoms with Crippen molar-refractivity contribution in [2.45, 2.75) is 6.10 Å². The van der Waals surface area contributed by atoms with Crippen molar-refractivity contribution in [1.82, 2.24) is 0 Å². The van der Waals surface area contributed by atoms with E-state index >= 15 is 0 Å². The van der Waals surface area contributed by atoms with E-state index < -0.39 is 6.83 Å². The summed E-state index contributed by atoms with van der Waals surface area (Å²) in [7, 11) is 0. The monoisotopic (exact) mass is 462 g/mol. The van der Waals surface area contributed by atoms with Crippen molar-refractivity contribution in [1.29, 1.82) is 0 Å². The summed E-state index contributed by atoms with van der Waals surface area (Å²) < 4.78 is 21.5. The summed E-state index contributed by atoms with van der Waals surface area (Å²) in [5.74, 6) is -0.248. The summed E-state index contributed by atoms with van der Waals surface area (Å²) in [6, 6.07) is 47.1. The second kappa shape index (κ2) is 8.02. The number of benzene rings is 5. The van der Waals surface area contributed by atoms with Crippen LogP contribution in [0.25, 0.3) is 0 Å². The van der Waals surface area contributed by atoms with E-state index in [1.54, 1.807) is 0 Å². The van der Waals surface area contributed by atoms with Gasteiger partial charge in [0.1, 0.15) is 0 Å². The molecule has 34 heavy (non-hydrogen) atoms. The van der Waals surface area contributed by atoms with E-state index in [2.05, 4.69) is 97.1 Å². The Hall–Kier alpha value is -3.58. The molecule has 5 aromatic carbocycles. The summed E-state index contributed by atoms with van der Waals surface area (Å²) in [6.45, 7) is -3.61. The molecule has 0 N–H and O–H groups in total. The Balaban J connectivity index is 1.80. The van der Waals surface area contributed by atoms with E-state index in [0.717, 1.165) is 27.0 Å². The van der Waals surface area contributed by atoms with E-state index in [4.69, 9.17) is 4.52 Å². The molecule has 0 spiro atoms. The Morgan fingerprint density at radius 1 is 0.500 bits per heavy atom. The predicted molar refractivity (Wildman–Crippen MR) is 141 cm³/mol. The van der Waals surface area contributed by atoms with E-state index in [1.165, 1.54) is 17.4 Å². The molecule has 0 saturated carbocycles. The molecule has 0 aromatic heterocycles. The Bertz CT molecular complexity index is 1330. The van der Waals surface area contributed by atoms with Gasteiger partial charge in [0.15, 0.2) is 0 Å². The molecule has 5 aromatic rings. The van der Waals surface area contributed by atoms with Crippen LogP contribution in [0, 0.1) is 5.82 Å². The van der Waals surface area contributed by atoms with Crippen LogP contribution in [0.4, 0.5) is 4.39 Å². The SMILES string of the molecule is Fc1ccc(C2OP(c3ccccc3)(c3ccccc3)(c3ccccc3)c3ccccc32)cc1. The molecule has 1 unspecified atom stereocenters. The molecule has 0 amide bonds. The molecule has 3 heteroatoms. The first-order valence-electron chi connectivity index (χ1n) is 11.5. The minimum absolute atomic E-state index is 0.248. The summed E-state index contributed by atoms with van der Waals surface area (Å²) in [6.07, 6.45) is -0.324. The molecule has 0 bridgehead atoms. The number of halogens is 1. The van der Waals surface area contributed by atoms with Gasteiger partial charge in [-0.15, -0.1) is 0 Å². The zero-order valence-corrected chi connectivity index (χ0v) is 19.5. The van der Waals surface area contributed by atoms with Crippen LogP contribution >= 0.6 is 6.83 Å². The van der Waals surface area contributed by atoms with Crippen LogP contribution in [0.2, 0.25) is 0 Å².